The van der Waals surface area contributed by atoms with Crippen LogP contribution in [0.2, 0.25) is 0 Å². The fourth-order valence-corrected chi connectivity index (χ4v) is 11.7. The summed E-state index contributed by atoms with van der Waals surface area (Å²) in [6.45, 7) is 32.5. The minimum atomic E-state index is 0.00528. The number of aryl methyl sites for hydroxylation is 5. The summed E-state index contributed by atoms with van der Waals surface area (Å²) in [5.74, 6) is 0. The first-order valence-electron chi connectivity index (χ1n) is 22.4. The molecule has 0 unspecified atom stereocenters. The predicted octanol–water partition coefficient (Wildman–Crippen LogP) is 14.8. The number of hydrogen-bond donors (Lipinski definition) is 0. The summed E-state index contributed by atoms with van der Waals surface area (Å²) in [5, 5.41) is 3.81. The van der Waals surface area contributed by atoms with Crippen LogP contribution in [0.5, 0.6) is 0 Å². The maximum Gasteiger partial charge on any atom is 0.254 e. The summed E-state index contributed by atoms with van der Waals surface area (Å²) in [6.07, 6.45) is 1.94. The molecule has 62 heavy (non-hydrogen) atoms. The minimum Gasteiger partial charge on any atom is -0.464 e. The molecule has 8 aromatic rings. The number of furan rings is 1. The van der Waals surface area contributed by atoms with Gasteiger partial charge in [0.15, 0.2) is 0 Å². The van der Waals surface area contributed by atoms with Crippen molar-refractivity contribution in [3.05, 3.63) is 148 Å². The molecule has 5 heteroatoms. The molecule has 3 nitrogen and oxygen atoms in total. The van der Waals surface area contributed by atoms with Gasteiger partial charge in [0.25, 0.3) is 6.71 Å². The number of para-hydroxylation sites is 1. The highest BCUT2D eigenvalue weighted by atomic mass is 32.1. The van der Waals surface area contributed by atoms with E-state index in [0.717, 1.165) is 22.1 Å². The third kappa shape index (κ3) is 6.21. The second-order valence-electron chi connectivity index (χ2n) is 21.4. The monoisotopic (exact) mass is 830 g/mol. The van der Waals surface area contributed by atoms with E-state index in [9.17, 15) is 0 Å². The van der Waals surface area contributed by atoms with Crippen LogP contribution in [0.1, 0.15) is 107 Å². The Morgan fingerprint density at radius 1 is 0.516 bits per heavy atom. The van der Waals surface area contributed by atoms with E-state index < -0.39 is 0 Å². The molecule has 0 spiro atoms. The Morgan fingerprint density at radius 3 is 1.68 bits per heavy atom. The SMILES string of the molecule is Cc1cc2c3c(c1)N(c1c(C)cc(C(C)(C)C)cc1C)c1sc4ccc(C(C)(C)C)cc4c1B3c1ccc(-c3coc4ccccc34)cc1N2c1c(C)cc(C(C)(C)C)cc1C. The smallest absolute Gasteiger partial charge is 0.254 e. The number of nitrogens with zero attached hydrogens (tertiary/aromatic N) is 2. The van der Waals surface area contributed by atoms with Crippen LogP contribution in [-0.4, -0.2) is 6.71 Å². The molecule has 2 aromatic heterocycles. The van der Waals surface area contributed by atoms with E-state index in [2.05, 4.69) is 204 Å². The topological polar surface area (TPSA) is 19.6 Å². The molecule has 4 heterocycles. The lowest BCUT2D eigenvalue weighted by molar-refractivity contribution is 0.589. The van der Waals surface area contributed by atoms with Crippen LogP contribution in [0.3, 0.4) is 0 Å². The van der Waals surface area contributed by atoms with Crippen LogP contribution in [0.25, 0.3) is 32.2 Å². The summed E-state index contributed by atoms with van der Waals surface area (Å²) in [6, 6.07) is 37.6. The summed E-state index contributed by atoms with van der Waals surface area (Å²) < 4.78 is 7.51. The van der Waals surface area contributed by atoms with Crippen molar-refractivity contribution in [3.63, 3.8) is 0 Å². The summed E-state index contributed by atoms with van der Waals surface area (Å²) in [5.41, 5.74) is 24.2. The highest BCUT2D eigenvalue weighted by Gasteiger charge is 2.46. The van der Waals surface area contributed by atoms with E-state index in [4.69, 9.17) is 4.42 Å². The van der Waals surface area contributed by atoms with Crippen LogP contribution in [0.4, 0.5) is 33.4 Å². The van der Waals surface area contributed by atoms with Gasteiger partial charge in [0.05, 0.1) is 22.6 Å². The van der Waals surface area contributed by atoms with E-state index >= 15 is 0 Å². The molecule has 0 saturated heterocycles. The summed E-state index contributed by atoms with van der Waals surface area (Å²) in [7, 11) is 0. The summed E-state index contributed by atoms with van der Waals surface area (Å²) in [4.78, 5) is 5.29. The van der Waals surface area contributed by atoms with Gasteiger partial charge in [-0.1, -0.05) is 129 Å². The molecule has 2 aliphatic rings. The van der Waals surface area contributed by atoms with Gasteiger partial charge < -0.3 is 14.2 Å². The summed E-state index contributed by atoms with van der Waals surface area (Å²) >= 11 is 1.95. The van der Waals surface area contributed by atoms with E-state index in [1.807, 2.05) is 17.6 Å². The van der Waals surface area contributed by atoms with Crippen LogP contribution in [-0.2, 0) is 16.2 Å². The fourth-order valence-electron chi connectivity index (χ4n) is 10.4. The molecule has 0 amide bonds. The highest BCUT2D eigenvalue weighted by Crippen LogP contribution is 2.51. The lowest BCUT2D eigenvalue weighted by Crippen LogP contribution is -2.61. The third-order valence-corrected chi connectivity index (χ3v) is 14.8. The molecule has 2 aliphatic heterocycles. The number of thiophene rings is 1. The molecule has 312 valence electrons. The van der Waals surface area contributed by atoms with Crippen molar-refractivity contribution in [2.75, 3.05) is 9.80 Å². The molecule has 0 aliphatic carbocycles. The van der Waals surface area contributed by atoms with Gasteiger partial charge in [-0.3, -0.25) is 0 Å². The van der Waals surface area contributed by atoms with Gasteiger partial charge in [0.1, 0.15) is 5.58 Å². The molecule has 0 radical (unpaired) electrons. The molecule has 10 rings (SSSR count). The van der Waals surface area contributed by atoms with Gasteiger partial charge in [-0.15, -0.1) is 11.3 Å². The number of benzene rings is 6. The number of fused-ring (bicyclic) bond motifs is 7. The van der Waals surface area contributed by atoms with Crippen LogP contribution in [0, 0.1) is 34.6 Å². The minimum absolute atomic E-state index is 0.00528. The number of hydrogen-bond acceptors (Lipinski definition) is 4. The van der Waals surface area contributed by atoms with Gasteiger partial charge in [0.2, 0.25) is 0 Å². The van der Waals surface area contributed by atoms with Crippen molar-refractivity contribution in [1.29, 1.82) is 0 Å². The molecular weight excluding hydrogens is 772 g/mol. The molecule has 6 aromatic carbocycles. The standard InChI is InChI=1S/C57H59BN2OS/c1-32-23-46-51-47(24-32)60(53-35(4)27-40(28-36(53)5)57(12,13)14)54-50(42-30-38(55(6,7)8)20-22-49(42)62-54)58(51)44-21-19-37(43-31-61-48-18-16-15-17-41(43)48)29-45(44)59(46)52-33(2)25-39(26-34(52)3)56(9,10)11/h15-31H,1-14H3. The highest BCUT2D eigenvalue weighted by molar-refractivity contribution is 7.26. The van der Waals surface area contributed by atoms with Crippen molar-refractivity contribution in [2.24, 2.45) is 0 Å². The zero-order valence-corrected chi connectivity index (χ0v) is 39.9. The van der Waals surface area contributed by atoms with E-state index in [1.54, 1.807) is 0 Å². The molecule has 0 saturated carbocycles. The predicted molar refractivity (Wildman–Crippen MR) is 271 cm³/mol. The Labute approximate surface area is 373 Å². The lowest BCUT2D eigenvalue weighted by atomic mass is 9.33. The lowest BCUT2D eigenvalue weighted by Gasteiger charge is -2.45. The molecular formula is C57H59BN2OS. The Bertz CT molecular complexity index is 3110. The van der Waals surface area contributed by atoms with E-state index in [-0.39, 0.29) is 23.0 Å². The molecule has 0 fully saturated rings. The van der Waals surface area contributed by atoms with Gasteiger partial charge in [0, 0.05) is 32.7 Å². The van der Waals surface area contributed by atoms with E-state index in [0.29, 0.717) is 0 Å². The Balaban J connectivity index is 1.34. The maximum atomic E-state index is 6.19. The quantitative estimate of drug-likeness (QED) is 0.165. The van der Waals surface area contributed by atoms with Gasteiger partial charge in [-0.2, -0.15) is 0 Å². The Hall–Kier alpha value is -5.52. The molecule has 0 atom stereocenters. The Kier molecular flexibility index (Phi) is 8.99. The molecule has 0 N–H and O–H groups in total. The van der Waals surface area contributed by atoms with Crippen molar-refractivity contribution in [1.82, 2.24) is 0 Å². The first kappa shape index (κ1) is 40.6. The van der Waals surface area contributed by atoms with E-state index in [1.165, 1.54) is 104 Å². The number of anilines is 6. The first-order chi connectivity index (χ1) is 29.2. The average molecular weight is 831 g/mol. The fraction of sp³-hybridized carbons (Fsp3) is 0.298. The molecule has 0 bridgehead atoms. The van der Waals surface area contributed by atoms with Crippen molar-refractivity contribution >= 4 is 88.9 Å². The van der Waals surface area contributed by atoms with Crippen molar-refractivity contribution < 1.29 is 4.42 Å². The van der Waals surface area contributed by atoms with Gasteiger partial charge in [-0.05, 0) is 153 Å². The average Bonchev–Trinajstić information content (AvgIpc) is 3.79. The maximum absolute atomic E-state index is 6.19. The largest absolute Gasteiger partial charge is 0.464 e. The van der Waals surface area contributed by atoms with Gasteiger partial charge >= 0.3 is 0 Å². The number of rotatable bonds is 3. The third-order valence-electron chi connectivity index (χ3n) is 13.7. The second kappa shape index (κ2) is 13.7. The zero-order chi connectivity index (χ0) is 43.9. The normalized spacial score (nSPS) is 13.9. The van der Waals surface area contributed by atoms with Crippen LogP contribution < -0.4 is 26.2 Å². The Morgan fingerprint density at radius 2 is 1.08 bits per heavy atom. The van der Waals surface area contributed by atoms with Gasteiger partial charge in [-0.25, -0.2) is 0 Å². The van der Waals surface area contributed by atoms with Crippen LogP contribution >= 0.6 is 11.3 Å². The van der Waals surface area contributed by atoms with Crippen LogP contribution in [0.15, 0.2) is 108 Å². The first-order valence-corrected chi connectivity index (χ1v) is 23.2. The van der Waals surface area contributed by atoms with Crippen molar-refractivity contribution in [3.8, 4) is 11.1 Å². The second-order valence-corrected chi connectivity index (χ2v) is 22.5. The zero-order valence-electron chi connectivity index (χ0n) is 39.1. The van der Waals surface area contributed by atoms with Crippen molar-refractivity contribution in [2.45, 2.75) is 113 Å².